The lowest BCUT2D eigenvalue weighted by molar-refractivity contribution is -0.119. The Morgan fingerprint density at radius 3 is 2.52 bits per heavy atom. The molecule has 12 heteroatoms. The number of aromatic amines is 1. The Kier molecular flexibility index (Phi) is 8.63. The number of hydrogen-bond acceptors (Lipinski definition) is 6. The molecule has 3 N–H and O–H groups in total. The lowest BCUT2D eigenvalue weighted by Gasteiger charge is -2.26. The highest BCUT2D eigenvalue weighted by Gasteiger charge is 2.32. The van der Waals surface area contributed by atoms with E-state index in [0.717, 1.165) is 43.5 Å². The average molecular weight is 635 g/mol. The van der Waals surface area contributed by atoms with Gasteiger partial charge in [0.05, 0.1) is 29.4 Å². The fourth-order valence-electron chi connectivity index (χ4n) is 6.01. The second kappa shape index (κ2) is 12.8. The number of nitrogens with zero attached hydrogens (tertiary/aromatic N) is 5. The van der Waals surface area contributed by atoms with Gasteiger partial charge in [0.25, 0.3) is 0 Å². The molecule has 0 aliphatic heterocycles. The van der Waals surface area contributed by atoms with Gasteiger partial charge in [0.2, 0.25) is 11.7 Å². The number of ether oxygens (including phenoxy) is 1. The summed E-state index contributed by atoms with van der Waals surface area (Å²) in [4.78, 5) is 18.3. The number of carbonyl (C=O) groups is 1. The summed E-state index contributed by atoms with van der Waals surface area (Å²) in [6.45, 7) is 0. The number of nitrogens with two attached hydrogens (primary N) is 1. The molecule has 1 atom stereocenters. The summed E-state index contributed by atoms with van der Waals surface area (Å²) in [6, 6.07) is 17.4. The number of primary amides is 1. The standard InChI is InChI=1S/C32H30Cl2FN7O2/c1-44-22-11-7-18(8-12-22)15-24(30(36)43)23-13-10-21(33)17-27(23)42-29(20-9-14-26(35)25(34)16-20)28(31-38-40-41-39-31)37-32(42)19-5-3-2-4-6-19/h7-14,16-17,19,24H,2-6,15H2,1H3,(H2,36,43)(H,38,39,40,41). The third-order valence-corrected chi connectivity index (χ3v) is 8.70. The van der Waals surface area contributed by atoms with Crippen LogP contribution in [0.3, 0.4) is 0 Å². The Bertz CT molecular complexity index is 1790. The molecule has 2 heterocycles. The zero-order valence-electron chi connectivity index (χ0n) is 23.9. The molecule has 1 unspecified atom stereocenters. The van der Waals surface area contributed by atoms with E-state index >= 15 is 0 Å². The van der Waals surface area contributed by atoms with Crippen LogP contribution in [-0.2, 0) is 11.2 Å². The SMILES string of the molecule is COc1ccc(CC(C(N)=O)c2ccc(Cl)cc2-n2c(C3CCCCC3)nc(-c3nn[nH]n3)c2-c2ccc(F)c(Cl)c2)cc1. The Labute approximate surface area is 263 Å². The molecule has 0 saturated heterocycles. The van der Waals surface area contributed by atoms with Gasteiger partial charge in [-0.1, -0.05) is 60.7 Å². The maximum absolute atomic E-state index is 14.4. The van der Waals surface area contributed by atoms with Crippen molar-refractivity contribution in [1.29, 1.82) is 0 Å². The Morgan fingerprint density at radius 2 is 1.86 bits per heavy atom. The summed E-state index contributed by atoms with van der Waals surface area (Å²) < 4.78 is 21.7. The molecular formula is C32H30Cl2FN7O2. The number of rotatable bonds is 9. The van der Waals surface area contributed by atoms with Gasteiger partial charge in [0, 0.05) is 16.5 Å². The van der Waals surface area contributed by atoms with Gasteiger partial charge >= 0.3 is 0 Å². The second-order valence-corrected chi connectivity index (χ2v) is 11.8. The lowest BCUT2D eigenvalue weighted by Crippen LogP contribution is -2.25. The van der Waals surface area contributed by atoms with Crippen LogP contribution in [0.15, 0.2) is 60.7 Å². The van der Waals surface area contributed by atoms with E-state index in [0.29, 0.717) is 45.4 Å². The summed E-state index contributed by atoms with van der Waals surface area (Å²) in [5.74, 6) is 0.0831. The minimum atomic E-state index is -0.712. The van der Waals surface area contributed by atoms with E-state index in [9.17, 15) is 9.18 Å². The van der Waals surface area contributed by atoms with Gasteiger partial charge in [0.15, 0.2) is 0 Å². The van der Waals surface area contributed by atoms with Gasteiger partial charge < -0.3 is 10.5 Å². The van der Waals surface area contributed by atoms with Crippen molar-refractivity contribution in [2.75, 3.05) is 7.11 Å². The van der Waals surface area contributed by atoms with E-state index in [1.165, 1.54) is 6.07 Å². The fourth-order valence-corrected chi connectivity index (χ4v) is 6.36. The maximum Gasteiger partial charge on any atom is 0.225 e. The normalized spacial score (nSPS) is 14.5. The highest BCUT2D eigenvalue weighted by Crippen LogP contribution is 2.43. The number of H-pyrrole nitrogens is 1. The van der Waals surface area contributed by atoms with Gasteiger partial charge in [-0.3, -0.25) is 9.36 Å². The minimum Gasteiger partial charge on any atom is -0.497 e. The Balaban J connectivity index is 1.62. The first-order chi connectivity index (χ1) is 21.3. The smallest absolute Gasteiger partial charge is 0.225 e. The van der Waals surface area contributed by atoms with Crippen molar-refractivity contribution in [3.8, 4) is 34.2 Å². The average Bonchev–Trinajstić information content (AvgIpc) is 3.71. The third kappa shape index (κ3) is 5.92. The number of nitrogens with one attached hydrogen (secondary N) is 1. The fraction of sp³-hybridized carbons (Fsp3) is 0.281. The van der Waals surface area contributed by atoms with E-state index in [1.807, 2.05) is 41.0 Å². The predicted octanol–water partition coefficient (Wildman–Crippen LogP) is 7.03. The molecule has 3 aromatic carbocycles. The van der Waals surface area contributed by atoms with Crippen LogP contribution in [0.1, 0.15) is 60.9 Å². The van der Waals surface area contributed by atoms with Crippen molar-refractivity contribution in [2.24, 2.45) is 5.73 Å². The van der Waals surface area contributed by atoms with Gasteiger partial charge in [0.1, 0.15) is 23.1 Å². The molecule has 0 spiro atoms. The van der Waals surface area contributed by atoms with E-state index in [1.54, 1.807) is 25.3 Å². The van der Waals surface area contributed by atoms with Crippen molar-refractivity contribution in [1.82, 2.24) is 30.2 Å². The molecule has 1 fully saturated rings. The number of amides is 1. The first kappa shape index (κ1) is 29.8. The summed E-state index contributed by atoms with van der Waals surface area (Å²) in [7, 11) is 1.60. The largest absolute Gasteiger partial charge is 0.497 e. The van der Waals surface area contributed by atoms with Crippen LogP contribution in [0.5, 0.6) is 5.75 Å². The number of tetrazole rings is 1. The van der Waals surface area contributed by atoms with Crippen molar-refractivity contribution < 1.29 is 13.9 Å². The first-order valence-electron chi connectivity index (χ1n) is 14.4. The van der Waals surface area contributed by atoms with Crippen LogP contribution in [0.25, 0.3) is 28.5 Å². The number of methoxy groups -OCH3 is 1. The van der Waals surface area contributed by atoms with Crippen LogP contribution in [0, 0.1) is 5.82 Å². The molecule has 226 valence electrons. The van der Waals surface area contributed by atoms with Crippen molar-refractivity contribution in [3.63, 3.8) is 0 Å². The molecule has 0 radical (unpaired) electrons. The summed E-state index contributed by atoms with van der Waals surface area (Å²) in [5, 5.41) is 15.2. The van der Waals surface area contributed by atoms with Crippen LogP contribution >= 0.6 is 23.2 Å². The molecule has 1 saturated carbocycles. The number of carbonyl (C=O) groups excluding carboxylic acids is 1. The van der Waals surface area contributed by atoms with Gasteiger partial charge in [-0.25, -0.2) is 9.37 Å². The second-order valence-electron chi connectivity index (χ2n) is 10.9. The van der Waals surface area contributed by atoms with Gasteiger partial charge in [-0.05, 0) is 78.1 Å². The summed E-state index contributed by atoms with van der Waals surface area (Å²) in [6.07, 6.45) is 5.44. The topological polar surface area (TPSA) is 125 Å². The van der Waals surface area contributed by atoms with E-state index in [4.69, 9.17) is 38.7 Å². The lowest BCUT2D eigenvalue weighted by atomic mass is 9.87. The summed E-state index contributed by atoms with van der Waals surface area (Å²) in [5.41, 5.74) is 9.91. The maximum atomic E-state index is 14.4. The third-order valence-electron chi connectivity index (χ3n) is 8.17. The number of hydrogen-bond donors (Lipinski definition) is 2. The Morgan fingerprint density at radius 1 is 1.09 bits per heavy atom. The number of imidazole rings is 1. The zero-order chi connectivity index (χ0) is 30.8. The van der Waals surface area contributed by atoms with E-state index in [-0.39, 0.29) is 16.8 Å². The molecule has 1 aliphatic carbocycles. The molecule has 2 aromatic heterocycles. The molecule has 1 aliphatic rings. The highest BCUT2D eigenvalue weighted by atomic mass is 35.5. The quantitative estimate of drug-likeness (QED) is 0.179. The van der Waals surface area contributed by atoms with Crippen molar-refractivity contribution in [3.05, 3.63) is 93.5 Å². The summed E-state index contributed by atoms with van der Waals surface area (Å²) >= 11 is 13.0. The minimum absolute atomic E-state index is 0.0469. The van der Waals surface area contributed by atoms with Crippen LogP contribution < -0.4 is 10.5 Å². The number of aromatic nitrogens is 6. The van der Waals surface area contributed by atoms with Crippen LogP contribution in [-0.4, -0.2) is 43.2 Å². The Hall–Kier alpha value is -4.28. The highest BCUT2D eigenvalue weighted by molar-refractivity contribution is 6.31. The molecule has 0 bridgehead atoms. The van der Waals surface area contributed by atoms with E-state index in [2.05, 4.69) is 20.6 Å². The molecule has 44 heavy (non-hydrogen) atoms. The number of benzene rings is 3. The van der Waals surface area contributed by atoms with Crippen LogP contribution in [0.4, 0.5) is 4.39 Å². The number of halogens is 3. The molecule has 5 aromatic rings. The van der Waals surface area contributed by atoms with Gasteiger partial charge in [-0.2, -0.15) is 5.21 Å². The molecular weight excluding hydrogens is 604 g/mol. The molecule has 6 rings (SSSR count). The van der Waals surface area contributed by atoms with Gasteiger partial charge in [-0.15, -0.1) is 10.2 Å². The molecule has 1 amide bonds. The molecule has 9 nitrogen and oxygen atoms in total. The monoisotopic (exact) mass is 633 g/mol. The van der Waals surface area contributed by atoms with E-state index < -0.39 is 17.6 Å². The van der Waals surface area contributed by atoms with Crippen molar-refractivity contribution >= 4 is 29.1 Å². The van der Waals surface area contributed by atoms with Crippen molar-refractivity contribution in [2.45, 2.75) is 50.4 Å². The first-order valence-corrected chi connectivity index (χ1v) is 15.1. The van der Waals surface area contributed by atoms with Crippen LogP contribution in [0.2, 0.25) is 10.0 Å². The predicted molar refractivity (Wildman–Crippen MR) is 167 cm³/mol. The zero-order valence-corrected chi connectivity index (χ0v) is 25.4.